The summed E-state index contributed by atoms with van der Waals surface area (Å²) in [5.41, 5.74) is 2.32. The van der Waals surface area contributed by atoms with E-state index in [9.17, 15) is 0 Å². The summed E-state index contributed by atoms with van der Waals surface area (Å²) in [6.07, 6.45) is 19.6. The lowest BCUT2D eigenvalue weighted by atomic mass is 9.48. The first-order valence-electron chi connectivity index (χ1n) is 9.44. The van der Waals surface area contributed by atoms with Gasteiger partial charge in [-0.3, -0.25) is 0 Å². The molecule has 6 atom stereocenters. The third-order valence-corrected chi connectivity index (χ3v) is 8.20. The van der Waals surface area contributed by atoms with E-state index >= 15 is 0 Å². The Kier molecular flexibility index (Phi) is 3.45. The topological polar surface area (TPSA) is 9.23 Å². The molecule has 0 bridgehead atoms. The van der Waals surface area contributed by atoms with Crippen molar-refractivity contribution in [3.63, 3.8) is 0 Å². The molecule has 0 saturated heterocycles. The van der Waals surface area contributed by atoms with Crippen LogP contribution in [0.2, 0.25) is 0 Å². The number of fused-ring (bicyclic) bond motifs is 5. The zero-order valence-electron chi connectivity index (χ0n) is 14.9. The van der Waals surface area contributed by atoms with Gasteiger partial charge >= 0.3 is 0 Å². The number of ether oxygens (including phenoxy) is 1. The van der Waals surface area contributed by atoms with Crippen molar-refractivity contribution >= 4 is 0 Å². The largest absolute Gasteiger partial charge is 0.501 e. The van der Waals surface area contributed by atoms with E-state index < -0.39 is 0 Å². The average molecular weight is 310 g/mol. The lowest BCUT2D eigenvalue weighted by Gasteiger charge is -2.56. The Morgan fingerprint density at radius 3 is 2.74 bits per heavy atom. The average Bonchev–Trinajstić information content (AvgIpc) is 2.90. The van der Waals surface area contributed by atoms with Gasteiger partial charge in [0.05, 0.1) is 12.9 Å². The first-order valence-corrected chi connectivity index (χ1v) is 9.44. The maximum Gasteiger partial charge on any atom is 0.0958 e. The summed E-state index contributed by atoms with van der Waals surface area (Å²) in [6.45, 7) is 5.02. The van der Waals surface area contributed by atoms with Crippen LogP contribution in [0.3, 0.4) is 0 Å². The van der Waals surface area contributed by atoms with Crippen LogP contribution in [-0.4, -0.2) is 7.11 Å². The molecule has 1 nitrogen and oxygen atoms in total. The zero-order chi connectivity index (χ0) is 16.2. The van der Waals surface area contributed by atoms with Crippen LogP contribution in [0.25, 0.3) is 0 Å². The number of terminal acetylenes is 1. The molecule has 0 aromatic heterocycles. The van der Waals surface area contributed by atoms with Crippen LogP contribution >= 0.6 is 0 Å². The molecule has 0 aliphatic heterocycles. The Balaban J connectivity index is 1.69. The second-order valence-electron chi connectivity index (χ2n) is 8.85. The van der Waals surface area contributed by atoms with Crippen molar-refractivity contribution in [1.29, 1.82) is 0 Å². The van der Waals surface area contributed by atoms with Crippen LogP contribution in [0.1, 0.15) is 58.8 Å². The minimum absolute atomic E-state index is 0.362. The summed E-state index contributed by atoms with van der Waals surface area (Å²) in [4.78, 5) is 0. The van der Waals surface area contributed by atoms with Gasteiger partial charge in [-0.15, -0.1) is 12.3 Å². The van der Waals surface area contributed by atoms with E-state index in [4.69, 9.17) is 11.2 Å². The van der Waals surface area contributed by atoms with Crippen molar-refractivity contribution in [2.24, 2.45) is 34.5 Å². The molecule has 0 N–H and O–H groups in total. The van der Waals surface area contributed by atoms with Crippen LogP contribution in [0, 0.1) is 46.8 Å². The highest BCUT2D eigenvalue weighted by atomic mass is 16.5. The molecule has 0 heterocycles. The van der Waals surface area contributed by atoms with Gasteiger partial charge in [0, 0.05) is 12.3 Å². The predicted octanol–water partition coefficient (Wildman–Crippen LogP) is 5.34. The lowest BCUT2D eigenvalue weighted by Crippen LogP contribution is -2.49. The highest BCUT2D eigenvalue weighted by Gasteiger charge is 2.57. The third-order valence-electron chi connectivity index (χ3n) is 8.20. The molecule has 0 spiro atoms. The Morgan fingerprint density at radius 2 is 2.00 bits per heavy atom. The highest BCUT2D eigenvalue weighted by molar-refractivity contribution is 5.36. The van der Waals surface area contributed by atoms with Gasteiger partial charge in [0.2, 0.25) is 0 Å². The maximum atomic E-state index is 5.87. The molecule has 0 aromatic carbocycles. The molecule has 0 radical (unpaired) electrons. The number of rotatable bonds is 1. The summed E-state index contributed by atoms with van der Waals surface area (Å²) in [7, 11) is 1.81. The molecule has 2 fully saturated rings. The Morgan fingerprint density at radius 1 is 1.17 bits per heavy atom. The molecule has 124 valence electrons. The molecule has 23 heavy (non-hydrogen) atoms. The van der Waals surface area contributed by atoms with E-state index in [1.807, 2.05) is 7.11 Å². The van der Waals surface area contributed by atoms with Crippen LogP contribution in [0.4, 0.5) is 0 Å². The summed E-state index contributed by atoms with van der Waals surface area (Å²) in [5.74, 6) is 7.34. The van der Waals surface area contributed by atoms with Crippen molar-refractivity contribution in [1.82, 2.24) is 0 Å². The van der Waals surface area contributed by atoms with Crippen LogP contribution in [0.15, 0.2) is 23.5 Å². The summed E-state index contributed by atoms with van der Waals surface area (Å²) in [6, 6.07) is 0. The van der Waals surface area contributed by atoms with Crippen molar-refractivity contribution in [2.75, 3.05) is 7.11 Å². The van der Waals surface area contributed by atoms with Gasteiger partial charge in [-0.2, -0.15) is 0 Å². The zero-order valence-corrected chi connectivity index (χ0v) is 14.9. The number of allylic oxidation sites excluding steroid dienone is 4. The fourth-order valence-corrected chi connectivity index (χ4v) is 6.73. The van der Waals surface area contributed by atoms with Gasteiger partial charge in [-0.1, -0.05) is 19.9 Å². The molecule has 6 unspecified atom stereocenters. The lowest BCUT2D eigenvalue weighted by molar-refractivity contribution is -0.0291. The third kappa shape index (κ3) is 2.00. The molecule has 1 heteroatoms. The van der Waals surface area contributed by atoms with Gasteiger partial charge in [-0.05, 0) is 78.8 Å². The second-order valence-corrected chi connectivity index (χ2v) is 8.85. The van der Waals surface area contributed by atoms with Gasteiger partial charge in [0.15, 0.2) is 0 Å². The number of methoxy groups -OCH3 is 1. The Labute approximate surface area is 141 Å². The molecule has 0 amide bonds. The molecule has 4 aliphatic rings. The summed E-state index contributed by atoms with van der Waals surface area (Å²) in [5, 5.41) is 0. The fraction of sp³-hybridized carbons (Fsp3) is 0.727. The Bertz CT molecular complexity index is 606. The minimum Gasteiger partial charge on any atom is -0.501 e. The summed E-state index contributed by atoms with van der Waals surface area (Å²) < 4.78 is 5.53. The molecule has 4 rings (SSSR count). The fourth-order valence-electron chi connectivity index (χ4n) is 6.73. The van der Waals surface area contributed by atoms with Crippen LogP contribution in [-0.2, 0) is 4.74 Å². The van der Waals surface area contributed by atoms with Crippen LogP contribution in [0.5, 0.6) is 0 Å². The van der Waals surface area contributed by atoms with Gasteiger partial charge in [0.1, 0.15) is 0 Å². The standard InChI is InChI=1S/C22H30O/c1-5-15-7-9-19-18-8-6-16-14-17(23-4)10-12-22(16,3)20(18)11-13-21(15,19)2/h1,6,14-15,18-20H,7-13H2,2-4H3. The van der Waals surface area contributed by atoms with Crippen molar-refractivity contribution in [3.05, 3.63) is 23.5 Å². The van der Waals surface area contributed by atoms with E-state index in [0.29, 0.717) is 16.7 Å². The second kappa shape index (κ2) is 5.17. The Hall–Kier alpha value is -1.16. The van der Waals surface area contributed by atoms with E-state index in [-0.39, 0.29) is 0 Å². The smallest absolute Gasteiger partial charge is 0.0958 e. The highest BCUT2D eigenvalue weighted by Crippen LogP contribution is 2.65. The van der Waals surface area contributed by atoms with Crippen molar-refractivity contribution in [3.8, 4) is 12.3 Å². The van der Waals surface area contributed by atoms with Gasteiger partial charge in [-0.25, -0.2) is 0 Å². The van der Waals surface area contributed by atoms with E-state index in [1.165, 1.54) is 44.3 Å². The van der Waals surface area contributed by atoms with Crippen molar-refractivity contribution < 1.29 is 4.74 Å². The van der Waals surface area contributed by atoms with Crippen LogP contribution < -0.4 is 0 Å². The predicted molar refractivity (Wildman–Crippen MR) is 94.5 cm³/mol. The number of hydrogen-bond donors (Lipinski definition) is 0. The number of hydrogen-bond acceptors (Lipinski definition) is 1. The monoisotopic (exact) mass is 310 g/mol. The maximum absolute atomic E-state index is 5.87. The van der Waals surface area contributed by atoms with E-state index in [2.05, 4.69) is 31.9 Å². The van der Waals surface area contributed by atoms with E-state index in [1.54, 1.807) is 5.57 Å². The normalized spacial score (nSPS) is 48.3. The van der Waals surface area contributed by atoms with E-state index in [0.717, 1.165) is 24.2 Å². The first kappa shape index (κ1) is 15.4. The molecule has 4 aliphatic carbocycles. The quantitative estimate of drug-likeness (QED) is 0.594. The molecule has 0 aromatic rings. The first-order chi connectivity index (χ1) is 11.0. The van der Waals surface area contributed by atoms with Crippen molar-refractivity contribution in [2.45, 2.75) is 58.8 Å². The summed E-state index contributed by atoms with van der Waals surface area (Å²) >= 11 is 0. The molecular weight excluding hydrogens is 280 g/mol. The SMILES string of the molecule is C#CC1CCC2C3CC=C4C=C(OC)CCC4(C)C3CCC12C. The minimum atomic E-state index is 0.362. The van der Waals surface area contributed by atoms with Gasteiger partial charge in [0.25, 0.3) is 0 Å². The molecule has 2 saturated carbocycles. The molecular formula is C22H30O. The van der Waals surface area contributed by atoms with Gasteiger partial charge < -0.3 is 4.74 Å².